The molecule has 1 saturated heterocycles. The Kier molecular flexibility index (Phi) is 5.75. The first-order valence-corrected chi connectivity index (χ1v) is 9.94. The van der Waals surface area contributed by atoms with Gasteiger partial charge in [0.2, 0.25) is 5.91 Å². The zero-order valence-corrected chi connectivity index (χ0v) is 16.5. The van der Waals surface area contributed by atoms with E-state index in [1.807, 2.05) is 73.1 Å². The molecule has 1 fully saturated rings. The summed E-state index contributed by atoms with van der Waals surface area (Å²) in [6.07, 6.45) is 5.30. The Morgan fingerprint density at radius 2 is 1.79 bits per heavy atom. The Morgan fingerprint density at radius 3 is 2.55 bits per heavy atom. The summed E-state index contributed by atoms with van der Waals surface area (Å²) in [7, 11) is 1.66. The summed E-state index contributed by atoms with van der Waals surface area (Å²) in [5, 5.41) is 3.16. The lowest BCUT2D eigenvalue weighted by molar-refractivity contribution is -0.120. The van der Waals surface area contributed by atoms with E-state index in [9.17, 15) is 4.79 Å². The molecule has 4 rings (SSSR count). The van der Waals surface area contributed by atoms with Gasteiger partial charge in [-0.3, -0.25) is 9.78 Å². The quantitative estimate of drug-likeness (QED) is 0.694. The van der Waals surface area contributed by atoms with E-state index in [0.29, 0.717) is 0 Å². The standard InChI is InChI=1S/C24H25N3O2/c1-29-21-6-4-5-19(17-21)22-7-2-3-8-23(22)26-24(28)18-11-15-27(16-12-18)20-9-13-25-14-10-20/h2-10,13-14,17-18H,11-12,15-16H2,1H3,(H,26,28). The number of anilines is 2. The van der Waals surface area contributed by atoms with E-state index < -0.39 is 0 Å². The van der Waals surface area contributed by atoms with Crippen molar-refractivity contribution in [1.29, 1.82) is 0 Å². The Morgan fingerprint density at radius 1 is 1.03 bits per heavy atom. The predicted molar refractivity (Wildman–Crippen MR) is 116 cm³/mol. The van der Waals surface area contributed by atoms with Crippen LogP contribution in [0.25, 0.3) is 11.1 Å². The molecule has 3 aromatic rings. The number of piperidine rings is 1. The van der Waals surface area contributed by atoms with E-state index in [2.05, 4.69) is 15.2 Å². The number of nitrogens with one attached hydrogen (secondary N) is 1. The number of hydrogen-bond acceptors (Lipinski definition) is 4. The van der Waals surface area contributed by atoms with Crippen molar-refractivity contribution >= 4 is 17.3 Å². The first-order chi connectivity index (χ1) is 14.2. The molecule has 1 aliphatic heterocycles. The van der Waals surface area contributed by atoms with Gasteiger partial charge in [-0.05, 0) is 48.7 Å². The number of rotatable bonds is 5. The van der Waals surface area contributed by atoms with Crippen molar-refractivity contribution in [3.05, 3.63) is 73.1 Å². The molecular formula is C24H25N3O2. The van der Waals surface area contributed by atoms with Crippen molar-refractivity contribution < 1.29 is 9.53 Å². The molecular weight excluding hydrogens is 362 g/mol. The van der Waals surface area contributed by atoms with Gasteiger partial charge in [-0.15, -0.1) is 0 Å². The number of amides is 1. The van der Waals surface area contributed by atoms with Crippen LogP contribution in [0.5, 0.6) is 5.75 Å². The van der Waals surface area contributed by atoms with Gasteiger partial charge in [0, 0.05) is 48.3 Å². The third-order valence-corrected chi connectivity index (χ3v) is 5.46. The summed E-state index contributed by atoms with van der Waals surface area (Å²) in [5.74, 6) is 0.910. The van der Waals surface area contributed by atoms with Crippen LogP contribution in [0.1, 0.15) is 12.8 Å². The first-order valence-electron chi connectivity index (χ1n) is 9.94. The fourth-order valence-electron chi connectivity index (χ4n) is 3.82. The van der Waals surface area contributed by atoms with Crippen LogP contribution in [-0.2, 0) is 4.79 Å². The Balaban J connectivity index is 1.44. The molecule has 0 radical (unpaired) electrons. The van der Waals surface area contributed by atoms with Gasteiger partial charge in [0.1, 0.15) is 5.75 Å². The van der Waals surface area contributed by atoms with E-state index in [-0.39, 0.29) is 11.8 Å². The van der Waals surface area contributed by atoms with E-state index >= 15 is 0 Å². The minimum atomic E-state index is 0.0199. The van der Waals surface area contributed by atoms with Gasteiger partial charge < -0.3 is 15.0 Å². The van der Waals surface area contributed by atoms with Crippen LogP contribution in [0.2, 0.25) is 0 Å². The number of carbonyl (C=O) groups excluding carboxylic acids is 1. The normalized spacial score (nSPS) is 14.4. The zero-order chi connectivity index (χ0) is 20.1. The molecule has 0 aliphatic carbocycles. The molecule has 29 heavy (non-hydrogen) atoms. The van der Waals surface area contributed by atoms with Crippen LogP contribution in [0.4, 0.5) is 11.4 Å². The van der Waals surface area contributed by atoms with Crippen LogP contribution in [0.3, 0.4) is 0 Å². The Bertz CT molecular complexity index is 967. The highest BCUT2D eigenvalue weighted by molar-refractivity contribution is 5.97. The Labute approximate surface area is 171 Å². The fourth-order valence-corrected chi connectivity index (χ4v) is 3.82. The van der Waals surface area contributed by atoms with E-state index in [4.69, 9.17) is 4.74 Å². The second kappa shape index (κ2) is 8.78. The van der Waals surface area contributed by atoms with Crippen LogP contribution < -0.4 is 15.0 Å². The second-order valence-electron chi connectivity index (χ2n) is 7.23. The number of para-hydroxylation sites is 1. The van der Waals surface area contributed by atoms with Gasteiger partial charge in [-0.1, -0.05) is 30.3 Å². The number of pyridine rings is 1. The van der Waals surface area contributed by atoms with Crippen molar-refractivity contribution in [2.75, 3.05) is 30.4 Å². The van der Waals surface area contributed by atoms with Gasteiger partial charge in [-0.25, -0.2) is 0 Å². The van der Waals surface area contributed by atoms with Gasteiger partial charge in [-0.2, -0.15) is 0 Å². The number of carbonyl (C=O) groups is 1. The van der Waals surface area contributed by atoms with E-state index in [1.54, 1.807) is 7.11 Å². The van der Waals surface area contributed by atoms with Gasteiger partial charge in [0.05, 0.1) is 7.11 Å². The molecule has 0 spiro atoms. The SMILES string of the molecule is COc1cccc(-c2ccccc2NC(=O)C2CCN(c3ccncc3)CC2)c1. The highest BCUT2D eigenvalue weighted by Crippen LogP contribution is 2.31. The first kappa shape index (κ1) is 19.0. The monoisotopic (exact) mass is 387 g/mol. The average molecular weight is 387 g/mol. The summed E-state index contributed by atoms with van der Waals surface area (Å²) in [6.45, 7) is 1.75. The number of methoxy groups -OCH3 is 1. The molecule has 148 valence electrons. The van der Waals surface area contributed by atoms with E-state index in [0.717, 1.165) is 48.5 Å². The average Bonchev–Trinajstić information content (AvgIpc) is 2.80. The maximum absolute atomic E-state index is 13.0. The summed E-state index contributed by atoms with van der Waals surface area (Å²) in [5.41, 5.74) is 4.02. The highest BCUT2D eigenvalue weighted by Gasteiger charge is 2.25. The maximum atomic E-state index is 13.0. The molecule has 2 aromatic carbocycles. The van der Waals surface area contributed by atoms with Crippen molar-refractivity contribution in [2.24, 2.45) is 5.92 Å². The lowest BCUT2D eigenvalue weighted by atomic mass is 9.95. The molecule has 0 saturated carbocycles. The van der Waals surface area contributed by atoms with Gasteiger partial charge >= 0.3 is 0 Å². The lowest BCUT2D eigenvalue weighted by Gasteiger charge is -2.33. The largest absolute Gasteiger partial charge is 0.497 e. The summed E-state index contributed by atoms with van der Waals surface area (Å²) in [6, 6.07) is 19.8. The Hall–Kier alpha value is -3.34. The minimum absolute atomic E-state index is 0.0199. The minimum Gasteiger partial charge on any atom is -0.497 e. The summed E-state index contributed by atoms with van der Waals surface area (Å²) >= 11 is 0. The number of ether oxygens (including phenoxy) is 1. The summed E-state index contributed by atoms with van der Waals surface area (Å²) < 4.78 is 5.34. The topological polar surface area (TPSA) is 54.5 Å². The molecule has 1 aliphatic rings. The molecule has 5 nitrogen and oxygen atoms in total. The van der Waals surface area contributed by atoms with Crippen LogP contribution in [0.15, 0.2) is 73.1 Å². The lowest BCUT2D eigenvalue weighted by Crippen LogP contribution is -2.38. The van der Waals surface area contributed by atoms with E-state index in [1.165, 1.54) is 5.69 Å². The number of aromatic nitrogens is 1. The third kappa shape index (κ3) is 4.40. The van der Waals surface area contributed by atoms with Gasteiger partial charge in [0.15, 0.2) is 0 Å². The number of benzene rings is 2. The van der Waals surface area contributed by atoms with Crippen LogP contribution in [-0.4, -0.2) is 31.1 Å². The maximum Gasteiger partial charge on any atom is 0.227 e. The van der Waals surface area contributed by atoms with Crippen molar-refractivity contribution in [3.8, 4) is 16.9 Å². The summed E-state index contributed by atoms with van der Waals surface area (Å²) in [4.78, 5) is 19.3. The number of hydrogen-bond donors (Lipinski definition) is 1. The molecule has 1 amide bonds. The highest BCUT2D eigenvalue weighted by atomic mass is 16.5. The molecule has 0 atom stereocenters. The molecule has 1 aromatic heterocycles. The molecule has 0 unspecified atom stereocenters. The molecule has 0 bridgehead atoms. The fraction of sp³-hybridized carbons (Fsp3) is 0.250. The number of nitrogens with zero attached hydrogens (tertiary/aromatic N) is 2. The third-order valence-electron chi connectivity index (χ3n) is 5.46. The zero-order valence-electron chi connectivity index (χ0n) is 16.5. The van der Waals surface area contributed by atoms with Crippen molar-refractivity contribution in [2.45, 2.75) is 12.8 Å². The van der Waals surface area contributed by atoms with Gasteiger partial charge in [0.25, 0.3) is 0 Å². The molecule has 1 N–H and O–H groups in total. The van der Waals surface area contributed by atoms with Crippen molar-refractivity contribution in [3.63, 3.8) is 0 Å². The second-order valence-corrected chi connectivity index (χ2v) is 7.23. The smallest absolute Gasteiger partial charge is 0.227 e. The van der Waals surface area contributed by atoms with Crippen molar-refractivity contribution in [1.82, 2.24) is 4.98 Å². The van der Waals surface area contributed by atoms with Crippen LogP contribution >= 0.6 is 0 Å². The molecule has 2 heterocycles. The molecule has 5 heteroatoms. The predicted octanol–water partition coefficient (Wildman–Crippen LogP) is 4.61. The van der Waals surface area contributed by atoms with Crippen LogP contribution in [0, 0.1) is 5.92 Å².